The van der Waals surface area contributed by atoms with Gasteiger partial charge < -0.3 is 10.3 Å². The average molecular weight is 305 g/mol. The van der Waals surface area contributed by atoms with Crippen molar-refractivity contribution in [2.24, 2.45) is 0 Å². The van der Waals surface area contributed by atoms with Crippen LogP contribution in [0.3, 0.4) is 0 Å². The average Bonchev–Trinajstić information content (AvgIpc) is 2.64. The number of carbonyl (C=O) groups excluding carboxylic acids is 1. The number of H-pyrrole nitrogens is 1. The summed E-state index contributed by atoms with van der Waals surface area (Å²) >= 11 is 1.30. The molecule has 21 heavy (non-hydrogen) atoms. The summed E-state index contributed by atoms with van der Waals surface area (Å²) in [6, 6.07) is 0.260. The number of nitrogens with one attached hydrogen (secondary N) is 2. The SMILES string of the molecule is Cc1c(C(=O)NC2CCCCCC2)sc2nc[nH]c(=O)c12. The molecular weight excluding hydrogens is 286 g/mol. The number of fused-ring (bicyclic) bond motifs is 1. The number of aryl methyl sites for hydroxylation is 1. The lowest BCUT2D eigenvalue weighted by atomic mass is 10.1. The lowest BCUT2D eigenvalue weighted by molar-refractivity contribution is 0.0937. The molecular formula is C15H19N3O2S. The van der Waals surface area contributed by atoms with Crippen molar-refractivity contribution < 1.29 is 4.79 Å². The van der Waals surface area contributed by atoms with E-state index in [1.807, 2.05) is 6.92 Å². The second-order valence-corrected chi connectivity index (χ2v) is 6.63. The molecule has 0 spiro atoms. The zero-order chi connectivity index (χ0) is 14.8. The van der Waals surface area contributed by atoms with Crippen LogP contribution in [-0.2, 0) is 0 Å². The molecule has 5 nitrogen and oxygen atoms in total. The van der Waals surface area contributed by atoms with Gasteiger partial charge in [0.2, 0.25) is 0 Å². The molecule has 0 radical (unpaired) electrons. The van der Waals surface area contributed by atoms with Gasteiger partial charge in [0.05, 0.1) is 16.6 Å². The van der Waals surface area contributed by atoms with Gasteiger partial charge in [-0.15, -0.1) is 11.3 Å². The van der Waals surface area contributed by atoms with Gasteiger partial charge in [-0.1, -0.05) is 25.7 Å². The Labute approximate surface area is 126 Å². The van der Waals surface area contributed by atoms with Crippen molar-refractivity contribution in [1.82, 2.24) is 15.3 Å². The zero-order valence-electron chi connectivity index (χ0n) is 12.1. The molecule has 2 aromatic rings. The molecule has 1 aliphatic carbocycles. The van der Waals surface area contributed by atoms with Crippen LogP contribution in [0, 0.1) is 6.92 Å². The summed E-state index contributed by atoms with van der Waals surface area (Å²) < 4.78 is 0. The molecule has 1 aliphatic rings. The Kier molecular flexibility index (Phi) is 4.05. The summed E-state index contributed by atoms with van der Waals surface area (Å²) in [6.07, 6.45) is 8.35. The molecule has 0 aliphatic heterocycles. The van der Waals surface area contributed by atoms with E-state index in [1.54, 1.807) is 0 Å². The van der Waals surface area contributed by atoms with E-state index in [0.29, 0.717) is 15.1 Å². The number of aromatic amines is 1. The zero-order valence-corrected chi connectivity index (χ0v) is 12.9. The Balaban J connectivity index is 1.86. The lowest BCUT2D eigenvalue weighted by Gasteiger charge is -2.15. The number of rotatable bonds is 2. The number of carbonyl (C=O) groups is 1. The highest BCUT2D eigenvalue weighted by atomic mass is 32.1. The molecule has 0 atom stereocenters. The molecule has 6 heteroatoms. The van der Waals surface area contributed by atoms with Gasteiger partial charge in [-0.2, -0.15) is 0 Å². The van der Waals surface area contributed by atoms with Gasteiger partial charge in [-0.05, 0) is 25.3 Å². The van der Waals surface area contributed by atoms with Crippen molar-refractivity contribution in [2.75, 3.05) is 0 Å². The maximum atomic E-state index is 12.5. The van der Waals surface area contributed by atoms with Crippen LogP contribution in [0.4, 0.5) is 0 Å². The van der Waals surface area contributed by atoms with Gasteiger partial charge in [0, 0.05) is 6.04 Å². The summed E-state index contributed by atoms with van der Waals surface area (Å²) in [5.41, 5.74) is 0.553. The van der Waals surface area contributed by atoms with Crippen molar-refractivity contribution in [3.05, 3.63) is 27.1 Å². The van der Waals surface area contributed by atoms with Crippen LogP contribution in [-0.4, -0.2) is 21.9 Å². The Morgan fingerprint density at radius 2 is 2.05 bits per heavy atom. The highest BCUT2D eigenvalue weighted by Gasteiger charge is 2.21. The first-order chi connectivity index (χ1) is 10.2. The summed E-state index contributed by atoms with van der Waals surface area (Å²) in [5, 5.41) is 3.66. The van der Waals surface area contributed by atoms with Gasteiger partial charge in [0.15, 0.2) is 0 Å². The molecule has 1 amide bonds. The minimum absolute atomic E-state index is 0.0678. The molecule has 0 unspecified atom stereocenters. The third-order valence-corrected chi connectivity index (χ3v) is 5.33. The minimum Gasteiger partial charge on any atom is -0.349 e. The monoisotopic (exact) mass is 305 g/mol. The molecule has 0 bridgehead atoms. The van der Waals surface area contributed by atoms with E-state index in [-0.39, 0.29) is 17.5 Å². The van der Waals surface area contributed by atoms with Gasteiger partial charge in [0.25, 0.3) is 11.5 Å². The highest BCUT2D eigenvalue weighted by Crippen LogP contribution is 2.27. The van der Waals surface area contributed by atoms with Crippen LogP contribution in [0.2, 0.25) is 0 Å². The summed E-state index contributed by atoms with van der Waals surface area (Å²) in [5.74, 6) is -0.0678. The number of nitrogens with zero attached hydrogens (tertiary/aromatic N) is 1. The number of amides is 1. The molecule has 0 saturated heterocycles. The Morgan fingerprint density at radius 1 is 1.33 bits per heavy atom. The number of thiophene rings is 1. The summed E-state index contributed by atoms with van der Waals surface area (Å²) in [4.78, 5) is 32.3. The van der Waals surface area contributed by atoms with Crippen LogP contribution >= 0.6 is 11.3 Å². The number of aromatic nitrogens is 2. The van der Waals surface area contributed by atoms with E-state index < -0.39 is 0 Å². The van der Waals surface area contributed by atoms with E-state index in [2.05, 4.69) is 15.3 Å². The fourth-order valence-electron chi connectivity index (χ4n) is 2.97. The van der Waals surface area contributed by atoms with Crippen molar-refractivity contribution in [2.45, 2.75) is 51.5 Å². The Morgan fingerprint density at radius 3 is 2.71 bits per heavy atom. The van der Waals surface area contributed by atoms with E-state index in [1.165, 1.54) is 43.3 Å². The van der Waals surface area contributed by atoms with Crippen LogP contribution < -0.4 is 10.9 Å². The quantitative estimate of drug-likeness (QED) is 0.838. The number of hydrogen-bond acceptors (Lipinski definition) is 4. The first-order valence-electron chi connectivity index (χ1n) is 7.44. The largest absolute Gasteiger partial charge is 0.349 e. The minimum atomic E-state index is -0.178. The molecule has 112 valence electrons. The normalized spacial score (nSPS) is 16.8. The fraction of sp³-hybridized carbons (Fsp3) is 0.533. The Bertz CT molecular complexity index is 711. The predicted octanol–water partition coefficient (Wildman–Crippen LogP) is 2.75. The van der Waals surface area contributed by atoms with Crippen molar-refractivity contribution in [3.8, 4) is 0 Å². The molecule has 1 fully saturated rings. The second-order valence-electron chi connectivity index (χ2n) is 5.63. The van der Waals surface area contributed by atoms with Crippen molar-refractivity contribution in [1.29, 1.82) is 0 Å². The van der Waals surface area contributed by atoms with E-state index in [4.69, 9.17) is 0 Å². The molecule has 2 heterocycles. The maximum absolute atomic E-state index is 12.5. The Hall–Kier alpha value is -1.69. The third-order valence-electron chi connectivity index (χ3n) is 4.13. The van der Waals surface area contributed by atoms with Crippen LogP contribution in [0.15, 0.2) is 11.1 Å². The molecule has 1 saturated carbocycles. The standard InChI is InChI=1S/C15H19N3O2S/c1-9-11-13(19)16-8-17-15(11)21-12(9)14(20)18-10-6-4-2-3-5-7-10/h8,10H,2-7H2,1H3,(H,18,20)(H,16,17,19). The van der Waals surface area contributed by atoms with E-state index >= 15 is 0 Å². The summed E-state index contributed by atoms with van der Waals surface area (Å²) in [7, 11) is 0. The lowest BCUT2D eigenvalue weighted by Crippen LogP contribution is -2.34. The number of hydrogen-bond donors (Lipinski definition) is 2. The van der Waals surface area contributed by atoms with Gasteiger partial charge in [-0.25, -0.2) is 4.98 Å². The van der Waals surface area contributed by atoms with Gasteiger partial charge in [0.1, 0.15) is 4.83 Å². The maximum Gasteiger partial charge on any atom is 0.261 e. The van der Waals surface area contributed by atoms with Crippen molar-refractivity contribution in [3.63, 3.8) is 0 Å². The molecule has 3 rings (SSSR count). The van der Waals surface area contributed by atoms with Gasteiger partial charge in [-0.3, -0.25) is 9.59 Å². The summed E-state index contributed by atoms with van der Waals surface area (Å²) in [6.45, 7) is 1.82. The molecule has 2 N–H and O–H groups in total. The molecule has 2 aromatic heterocycles. The fourth-order valence-corrected chi connectivity index (χ4v) is 4.02. The van der Waals surface area contributed by atoms with Crippen molar-refractivity contribution >= 4 is 27.5 Å². The smallest absolute Gasteiger partial charge is 0.261 e. The highest BCUT2D eigenvalue weighted by molar-refractivity contribution is 7.20. The van der Waals surface area contributed by atoms with E-state index in [9.17, 15) is 9.59 Å². The third kappa shape index (κ3) is 2.85. The second kappa shape index (κ2) is 5.97. The van der Waals surface area contributed by atoms with Crippen LogP contribution in [0.1, 0.15) is 53.8 Å². The first kappa shape index (κ1) is 14.3. The van der Waals surface area contributed by atoms with Crippen LogP contribution in [0.5, 0.6) is 0 Å². The predicted molar refractivity (Wildman–Crippen MR) is 83.9 cm³/mol. The van der Waals surface area contributed by atoms with E-state index in [0.717, 1.165) is 18.4 Å². The molecule has 0 aromatic carbocycles. The first-order valence-corrected chi connectivity index (χ1v) is 8.26. The van der Waals surface area contributed by atoms with Crippen LogP contribution in [0.25, 0.3) is 10.2 Å². The topological polar surface area (TPSA) is 74.8 Å². The van der Waals surface area contributed by atoms with Gasteiger partial charge >= 0.3 is 0 Å².